The fourth-order valence-corrected chi connectivity index (χ4v) is 2.82. The Morgan fingerprint density at radius 2 is 1.79 bits per heavy atom. The summed E-state index contributed by atoms with van der Waals surface area (Å²) in [6.07, 6.45) is 3.54. The summed E-state index contributed by atoms with van der Waals surface area (Å²) in [5.41, 5.74) is 7.93. The van der Waals surface area contributed by atoms with E-state index in [0.717, 1.165) is 22.5 Å². The molecular formula is C22H23N3O3. The van der Waals surface area contributed by atoms with Crippen molar-refractivity contribution in [3.63, 3.8) is 0 Å². The highest BCUT2D eigenvalue weighted by Crippen LogP contribution is 2.14. The largest absolute Gasteiger partial charge is 0.378 e. The van der Waals surface area contributed by atoms with Crippen LogP contribution < -0.4 is 10.5 Å². The van der Waals surface area contributed by atoms with Crippen LogP contribution in [0.2, 0.25) is 0 Å². The predicted molar refractivity (Wildman–Crippen MR) is 112 cm³/mol. The van der Waals surface area contributed by atoms with Gasteiger partial charge in [-0.2, -0.15) is 0 Å². The number of aromatic amines is 1. The van der Waals surface area contributed by atoms with Gasteiger partial charge in [-0.15, -0.1) is 5.73 Å². The fraction of sp³-hybridized carbons (Fsp3) is 0.182. The topological polar surface area (TPSA) is 70.5 Å². The first-order valence-electron chi connectivity index (χ1n) is 8.87. The summed E-state index contributed by atoms with van der Waals surface area (Å²) in [6.45, 7) is 1.96. The molecule has 0 radical (unpaired) electrons. The van der Waals surface area contributed by atoms with Gasteiger partial charge in [0.2, 0.25) is 0 Å². The van der Waals surface area contributed by atoms with Crippen LogP contribution in [0.25, 0.3) is 17.8 Å². The molecule has 0 saturated heterocycles. The van der Waals surface area contributed by atoms with Crippen molar-refractivity contribution in [2.75, 3.05) is 19.0 Å². The zero-order chi connectivity index (χ0) is 20.1. The lowest BCUT2D eigenvalue weighted by atomic mass is 10.2. The zero-order valence-electron chi connectivity index (χ0n) is 16.1. The van der Waals surface area contributed by atoms with Crippen LogP contribution >= 0.6 is 0 Å². The lowest BCUT2D eigenvalue weighted by Gasteiger charge is -2.11. The SMILES string of the molecule is Cc1[nH]n(-c2ccc(COO)cc2)c(=O)c1C=C=Cc1ccc(N(C)C)cc1. The van der Waals surface area contributed by atoms with E-state index >= 15 is 0 Å². The maximum atomic E-state index is 12.7. The molecule has 0 atom stereocenters. The van der Waals surface area contributed by atoms with Crippen molar-refractivity contribution in [3.8, 4) is 5.69 Å². The summed E-state index contributed by atoms with van der Waals surface area (Å²) in [7, 11) is 4.00. The van der Waals surface area contributed by atoms with Gasteiger partial charge in [0.05, 0.1) is 11.3 Å². The molecule has 3 rings (SSSR count). The van der Waals surface area contributed by atoms with E-state index in [1.165, 1.54) is 4.68 Å². The molecule has 0 spiro atoms. The number of nitrogens with zero attached hydrogens (tertiary/aromatic N) is 2. The Morgan fingerprint density at radius 3 is 2.39 bits per heavy atom. The second kappa shape index (κ2) is 8.59. The molecule has 3 aromatic rings. The second-order valence-electron chi connectivity index (χ2n) is 6.67. The molecular weight excluding hydrogens is 354 g/mol. The number of rotatable bonds is 6. The molecule has 6 nitrogen and oxygen atoms in total. The smallest absolute Gasteiger partial charge is 0.279 e. The van der Waals surface area contributed by atoms with Crippen molar-refractivity contribution in [2.24, 2.45) is 0 Å². The Balaban J connectivity index is 1.85. The normalized spacial score (nSPS) is 10.4. The number of aromatic nitrogens is 2. The van der Waals surface area contributed by atoms with Crippen molar-refractivity contribution in [3.05, 3.63) is 87.0 Å². The number of aryl methyl sites for hydroxylation is 1. The van der Waals surface area contributed by atoms with Gasteiger partial charge < -0.3 is 4.90 Å². The number of anilines is 1. The Bertz CT molecular complexity index is 1050. The number of hydrogen-bond donors (Lipinski definition) is 2. The summed E-state index contributed by atoms with van der Waals surface area (Å²) < 4.78 is 1.48. The van der Waals surface area contributed by atoms with Crippen LogP contribution in [0.1, 0.15) is 22.4 Å². The molecule has 0 fully saturated rings. The van der Waals surface area contributed by atoms with Crippen LogP contribution in [0.5, 0.6) is 0 Å². The zero-order valence-corrected chi connectivity index (χ0v) is 16.1. The maximum Gasteiger partial charge on any atom is 0.279 e. The molecule has 0 aliphatic heterocycles. The molecule has 6 heteroatoms. The predicted octanol–water partition coefficient (Wildman–Crippen LogP) is 3.86. The molecule has 2 aromatic carbocycles. The second-order valence-corrected chi connectivity index (χ2v) is 6.67. The molecule has 0 unspecified atom stereocenters. The van der Waals surface area contributed by atoms with Gasteiger partial charge in [-0.25, -0.2) is 9.57 Å². The van der Waals surface area contributed by atoms with Crippen molar-refractivity contribution in [1.82, 2.24) is 9.78 Å². The van der Waals surface area contributed by atoms with E-state index in [-0.39, 0.29) is 12.2 Å². The molecule has 28 heavy (non-hydrogen) atoms. The monoisotopic (exact) mass is 377 g/mol. The molecule has 0 aliphatic carbocycles. The third-order valence-corrected chi connectivity index (χ3v) is 4.43. The summed E-state index contributed by atoms with van der Waals surface area (Å²) in [6, 6.07) is 15.3. The molecule has 144 valence electrons. The highest BCUT2D eigenvalue weighted by Gasteiger charge is 2.09. The Kier molecular flexibility index (Phi) is 5.96. The Morgan fingerprint density at radius 1 is 1.11 bits per heavy atom. The lowest BCUT2D eigenvalue weighted by molar-refractivity contribution is -0.253. The van der Waals surface area contributed by atoms with E-state index in [1.54, 1.807) is 30.3 Å². The number of benzene rings is 2. The molecule has 0 bridgehead atoms. The van der Waals surface area contributed by atoms with Gasteiger partial charge in [0.1, 0.15) is 6.61 Å². The first-order valence-corrected chi connectivity index (χ1v) is 8.87. The van der Waals surface area contributed by atoms with Crippen molar-refractivity contribution in [2.45, 2.75) is 13.5 Å². The van der Waals surface area contributed by atoms with E-state index in [4.69, 9.17) is 5.26 Å². The molecule has 1 aromatic heterocycles. The van der Waals surface area contributed by atoms with Crippen LogP contribution in [-0.4, -0.2) is 29.1 Å². The van der Waals surface area contributed by atoms with Crippen molar-refractivity contribution < 1.29 is 10.1 Å². The first-order chi connectivity index (χ1) is 13.5. The van der Waals surface area contributed by atoms with Gasteiger partial charge in [-0.1, -0.05) is 24.3 Å². The summed E-state index contributed by atoms with van der Waals surface area (Å²) in [5, 5.41) is 11.6. The summed E-state index contributed by atoms with van der Waals surface area (Å²) in [4.78, 5) is 18.9. The highest BCUT2D eigenvalue weighted by molar-refractivity contribution is 5.60. The minimum atomic E-state index is -0.146. The van der Waals surface area contributed by atoms with Crippen LogP contribution in [0.4, 0.5) is 5.69 Å². The van der Waals surface area contributed by atoms with E-state index in [0.29, 0.717) is 11.3 Å². The first kappa shape index (κ1) is 19.5. The van der Waals surface area contributed by atoms with Gasteiger partial charge in [0.25, 0.3) is 5.56 Å². The average molecular weight is 377 g/mol. The minimum absolute atomic E-state index is 0.104. The van der Waals surface area contributed by atoms with Gasteiger partial charge >= 0.3 is 0 Å². The van der Waals surface area contributed by atoms with Gasteiger partial charge in [0, 0.05) is 25.5 Å². The van der Waals surface area contributed by atoms with E-state index in [2.05, 4.69) is 15.7 Å². The Labute approximate surface area is 163 Å². The standard InChI is InChI=1S/C22H23N3O3/c1-16-21(6-4-5-17-7-11-19(12-8-17)24(2)3)22(26)25(23-16)20-13-9-18(10-14-20)15-28-27/h5-14,23,27H,15H2,1-3H3. The van der Waals surface area contributed by atoms with Gasteiger partial charge in [-0.3, -0.25) is 15.2 Å². The van der Waals surface area contributed by atoms with Crippen molar-refractivity contribution >= 4 is 17.8 Å². The van der Waals surface area contributed by atoms with Gasteiger partial charge in [0.15, 0.2) is 0 Å². The number of hydrogen-bond acceptors (Lipinski definition) is 4. The fourth-order valence-electron chi connectivity index (χ4n) is 2.82. The summed E-state index contributed by atoms with van der Waals surface area (Å²) >= 11 is 0. The lowest BCUT2D eigenvalue weighted by Crippen LogP contribution is -2.15. The van der Waals surface area contributed by atoms with Crippen molar-refractivity contribution in [1.29, 1.82) is 0 Å². The molecule has 0 saturated carbocycles. The summed E-state index contributed by atoms with van der Waals surface area (Å²) in [5.74, 6) is 0. The molecule has 0 aliphatic rings. The quantitative estimate of drug-likeness (QED) is 0.389. The third-order valence-electron chi connectivity index (χ3n) is 4.43. The number of H-pyrrole nitrogens is 1. The van der Waals surface area contributed by atoms with E-state index in [1.807, 2.05) is 56.3 Å². The molecule has 0 amide bonds. The van der Waals surface area contributed by atoms with Crippen LogP contribution in [0, 0.1) is 6.92 Å². The van der Waals surface area contributed by atoms with E-state index in [9.17, 15) is 4.79 Å². The highest BCUT2D eigenvalue weighted by atomic mass is 17.1. The van der Waals surface area contributed by atoms with Crippen LogP contribution in [-0.2, 0) is 11.5 Å². The Hall–Kier alpha value is -3.31. The van der Waals surface area contributed by atoms with Crippen LogP contribution in [0.3, 0.4) is 0 Å². The molecule has 1 heterocycles. The maximum absolute atomic E-state index is 12.7. The third kappa shape index (κ3) is 4.32. The number of nitrogens with one attached hydrogen (secondary N) is 1. The molecule has 2 N–H and O–H groups in total. The average Bonchev–Trinajstić information content (AvgIpc) is 2.97. The minimum Gasteiger partial charge on any atom is -0.378 e. The van der Waals surface area contributed by atoms with E-state index < -0.39 is 0 Å². The van der Waals surface area contributed by atoms with Crippen LogP contribution in [0.15, 0.2) is 59.1 Å². The van der Waals surface area contributed by atoms with Gasteiger partial charge in [-0.05, 0) is 54.5 Å².